The third kappa shape index (κ3) is 5.07. The zero-order chi connectivity index (χ0) is 30.6. The third-order valence-corrected chi connectivity index (χ3v) is 10.9. The summed E-state index contributed by atoms with van der Waals surface area (Å²) in [6, 6.07) is 17.9. The number of nitrogens with zero attached hydrogens (tertiary/aromatic N) is 4. The van der Waals surface area contributed by atoms with Crippen LogP contribution in [-0.2, 0) is 10.0 Å². The fourth-order valence-electron chi connectivity index (χ4n) is 6.36. The Morgan fingerprint density at radius 2 is 1.44 bits per heavy atom. The quantitative estimate of drug-likeness (QED) is 0.228. The van der Waals surface area contributed by atoms with Gasteiger partial charge in [0.25, 0.3) is 17.5 Å². The molecule has 6 rings (SSSR count). The number of benzene rings is 3. The minimum Gasteiger partial charge on any atom is -0.389 e. The molecule has 43 heavy (non-hydrogen) atoms. The molecule has 2 fully saturated rings. The highest BCUT2D eigenvalue weighted by atomic mass is 79.9. The van der Waals surface area contributed by atoms with E-state index in [-0.39, 0.29) is 25.6 Å². The Bertz CT molecular complexity index is 1680. The number of aliphatic hydroxyl groups is 2. The molecule has 2 amide bonds. The van der Waals surface area contributed by atoms with Crippen molar-refractivity contribution in [2.75, 3.05) is 26.2 Å². The van der Waals surface area contributed by atoms with Crippen LogP contribution in [0.1, 0.15) is 32.2 Å². The van der Waals surface area contributed by atoms with Crippen LogP contribution in [0.5, 0.6) is 0 Å². The lowest BCUT2D eigenvalue weighted by Crippen LogP contribution is -2.72. The Morgan fingerprint density at radius 3 is 2.07 bits per heavy atom. The SMILES string of the molecule is O=C1c2ccccc2C(=O)N1CC1[C@H](c2ccc(Br)cc2)[C@@H]2CN(S(=O)(=O)c3ccccc3[N+](=O)[O-])C[C@@H](O)[C@@H](O)CN12. The number of β-amino-alcohol motifs (C(OH)–C–C–N with tert-alkyl or cyclic N) is 1. The summed E-state index contributed by atoms with van der Waals surface area (Å²) < 4.78 is 29.5. The number of hydrogen-bond donors (Lipinski definition) is 2. The van der Waals surface area contributed by atoms with E-state index >= 15 is 0 Å². The van der Waals surface area contributed by atoms with Gasteiger partial charge < -0.3 is 10.2 Å². The highest BCUT2D eigenvalue weighted by Gasteiger charge is 2.54. The van der Waals surface area contributed by atoms with E-state index in [0.29, 0.717) is 11.1 Å². The molecule has 5 atom stereocenters. The van der Waals surface area contributed by atoms with Gasteiger partial charge >= 0.3 is 0 Å². The zero-order valence-electron chi connectivity index (χ0n) is 22.6. The monoisotopic (exact) mass is 670 g/mol. The number of halogens is 1. The number of aliphatic hydroxyl groups excluding tert-OH is 2. The van der Waals surface area contributed by atoms with Gasteiger partial charge in [0.1, 0.15) is 0 Å². The summed E-state index contributed by atoms with van der Waals surface area (Å²) >= 11 is 3.43. The van der Waals surface area contributed by atoms with Gasteiger partial charge in [-0.1, -0.05) is 52.3 Å². The number of hydrogen-bond acceptors (Lipinski definition) is 9. The van der Waals surface area contributed by atoms with Crippen LogP contribution in [0, 0.1) is 10.1 Å². The first kappa shape index (κ1) is 29.5. The molecular formula is C29H27BrN4O8S. The van der Waals surface area contributed by atoms with Crippen molar-refractivity contribution in [3.8, 4) is 0 Å². The van der Waals surface area contributed by atoms with Crippen LogP contribution in [-0.4, -0.2) is 99.9 Å². The van der Waals surface area contributed by atoms with Gasteiger partial charge in [-0.2, -0.15) is 4.31 Å². The number of para-hydroxylation sites is 1. The van der Waals surface area contributed by atoms with E-state index in [9.17, 15) is 38.3 Å². The van der Waals surface area contributed by atoms with Crippen LogP contribution < -0.4 is 0 Å². The molecule has 0 spiro atoms. The number of nitro benzene ring substituents is 1. The minimum absolute atomic E-state index is 0.0245. The van der Waals surface area contributed by atoms with Gasteiger partial charge in [0, 0.05) is 54.7 Å². The molecule has 3 aliphatic rings. The van der Waals surface area contributed by atoms with Crippen LogP contribution in [0.3, 0.4) is 0 Å². The summed E-state index contributed by atoms with van der Waals surface area (Å²) in [5, 5.41) is 33.4. The van der Waals surface area contributed by atoms with Gasteiger partial charge in [-0.3, -0.25) is 29.5 Å². The number of fused-ring (bicyclic) bond motifs is 2. The van der Waals surface area contributed by atoms with Gasteiger partial charge in [0.05, 0.1) is 28.3 Å². The Morgan fingerprint density at radius 1 is 0.860 bits per heavy atom. The molecule has 224 valence electrons. The summed E-state index contributed by atoms with van der Waals surface area (Å²) in [5.74, 6) is -1.26. The van der Waals surface area contributed by atoms with E-state index in [1.165, 1.54) is 17.0 Å². The van der Waals surface area contributed by atoms with Crippen molar-refractivity contribution in [2.24, 2.45) is 0 Å². The molecule has 1 unspecified atom stereocenters. The summed E-state index contributed by atoms with van der Waals surface area (Å²) in [5.41, 5.74) is 0.824. The lowest BCUT2D eigenvalue weighted by Gasteiger charge is -2.58. The van der Waals surface area contributed by atoms with Crippen molar-refractivity contribution in [2.45, 2.75) is 35.1 Å². The van der Waals surface area contributed by atoms with Gasteiger partial charge in [0.15, 0.2) is 4.90 Å². The smallest absolute Gasteiger partial charge is 0.289 e. The fraction of sp³-hybridized carbons (Fsp3) is 0.310. The second-order valence-electron chi connectivity index (χ2n) is 10.9. The number of amides is 2. The molecule has 12 nitrogen and oxygen atoms in total. The molecule has 3 aliphatic heterocycles. The molecule has 0 radical (unpaired) electrons. The highest BCUT2D eigenvalue weighted by molar-refractivity contribution is 9.10. The number of carbonyl (C=O) groups excluding carboxylic acids is 2. The number of sulfonamides is 1. The van der Waals surface area contributed by atoms with E-state index in [1.54, 1.807) is 24.3 Å². The molecule has 3 heterocycles. The Hall–Kier alpha value is -3.53. The van der Waals surface area contributed by atoms with Crippen LogP contribution in [0.25, 0.3) is 0 Å². The average molecular weight is 672 g/mol. The lowest BCUT2D eigenvalue weighted by atomic mass is 9.73. The number of nitro groups is 1. The molecule has 3 aromatic rings. The second-order valence-corrected chi connectivity index (χ2v) is 13.7. The Labute approximate surface area is 255 Å². The number of rotatable bonds is 6. The van der Waals surface area contributed by atoms with Crippen LogP contribution in [0.4, 0.5) is 5.69 Å². The maximum Gasteiger partial charge on any atom is 0.289 e. The maximum absolute atomic E-state index is 13.9. The predicted molar refractivity (Wildman–Crippen MR) is 157 cm³/mol. The fourth-order valence-corrected chi connectivity index (χ4v) is 8.25. The van der Waals surface area contributed by atoms with Crippen molar-refractivity contribution in [1.82, 2.24) is 14.1 Å². The normalized spacial score (nSPS) is 26.3. The first-order chi connectivity index (χ1) is 20.5. The lowest BCUT2D eigenvalue weighted by molar-refractivity contribution is -0.387. The van der Waals surface area contributed by atoms with E-state index in [0.717, 1.165) is 26.5 Å². The van der Waals surface area contributed by atoms with Crippen molar-refractivity contribution >= 4 is 43.5 Å². The van der Waals surface area contributed by atoms with Crippen molar-refractivity contribution in [3.63, 3.8) is 0 Å². The molecular weight excluding hydrogens is 644 g/mol. The second kappa shape index (κ2) is 11.2. The van der Waals surface area contributed by atoms with E-state index in [2.05, 4.69) is 15.9 Å². The van der Waals surface area contributed by atoms with Crippen molar-refractivity contribution in [3.05, 3.63) is 104 Å². The van der Waals surface area contributed by atoms with Gasteiger partial charge in [-0.05, 0) is 35.9 Å². The topological polar surface area (TPSA) is 162 Å². The van der Waals surface area contributed by atoms with Crippen molar-refractivity contribution < 1.29 is 33.1 Å². The molecule has 14 heteroatoms. The van der Waals surface area contributed by atoms with E-state index in [4.69, 9.17) is 0 Å². The van der Waals surface area contributed by atoms with Gasteiger partial charge in [-0.25, -0.2) is 8.42 Å². The summed E-state index contributed by atoms with van der Waals surface area (Å²) in [7, 11) is -4.49. The molecule has 3 aromatic carbocycles. The summed E-state index contributed by atoms with van der Waals surface area (Å²) in [6.45, 7) is -0.692. The Balaban J connectivity index is 1.38. The van der Waals surface area contributed by atoms with Crippen molar-refractivity contribution in [1.29, 1.82) is 0 Å². The van der Waals surface area contributed by atoms with E-state index < -0.39 is 68.2 Å². The first-order valence-electron chi connectivity index (χ1n) is 13.5. The molecule has 0 bridgehead atoms. The van der Waals surface area contributed by atoms with Crippen LogP contribution in [0.15, 0.2) is 82.2 Å². The Kier molecular flexibility index (Phi) is 7.69. The van der Waals surface area contributed by atoms with Crippen LogP contribution in [0.2, 0.25) is 0 Å². The van der Waals surface area contributed by atoms with E-state index in [1.807, 2.05) is 29.2 Å². The summed E-state index contributed by atoms with van der Waals surface area (Å²) in [6.07, 6.45) is -2.87. The predicted octanol–water partition coefficient (Wildman–Crippen LogP) is 2.22. The minimum atomic E-state index is -4.49. The first-order valence-corrected chi connectivity index (χ1v) is 15.8. The molecule has 2 saturated heterocycles. The number of imide groups is 1. The summed E-state index contributed by atoms with van der Waals surface area (Å²) in [4.78, 5) is 39.9. The average Bonchev–Trinajstić information content (AvgIpc) is 3.23. The highest BCUT2D eigenvalue weighted by Crippen LogP contribution is 2.44. The maximum atomic E-state index is 13.9. The molecule has 2 N–H and O–H groups in total. The standard InChI is InChI=1S/C29H27BrN4O8S/c30-18-11-9-17(10-12-18)27-22-13-31(43(41,42)26-8-4-3-7-21(26)34(39)40)15-24(35)25(36)16-32(22)23(27)14-33-28(37)19-5-1-2-6-20(19)29(33)38/h1-12,22-25,27,35-36H,13-16H2/t22-,23?,24+,25-,27+/m0/s1. The van der Waals surface area contributed by atoms with Gasteiger partial charge in [-0.15, -0.1) is 0 Å². The molecule has 0 saturated carbocycles. The zero-order valence-corrected chi connectivity index (χ0v) is 25.0. The number of carbonyl (C=O) groups is 2. The third-order valence-electron chi connectivity index (χ3n) is 8.49. The van der Waals surface area contributed by atoms with Gasteiger partial charge in [0.2, 0.25) is 10.0 Å². The molecule has 0 aliphatic carbocycles. The molecule has 0 aromatic heterocycles. The van der Waals surface area contributed by atoms with Crippen LogP contribution >= 0.6 is 15.9 Å². The largest absolute Gasteiger partial charge is 0.389 e.